The quantitative estimate of drug-likeness (QED) is 0.683. The van der Waals surface area contributed by atoms with Gasteiger partial charge >= 0.3 is 0 Å². The van der Waals surface area contributed by atoms with Gasteiger partial charge in [-0.3, -0.25) is 9.47 Å². The molecule has 0 aliphatic carbocycles. The Balaban J connectivity index is 1.60. The molecule has 0 N–H and O–H groups in total. The molecule has 1 aliphatic heterocycles. The maximum atomic E-state index is 5.43. The summed E-state index contributed by atoms with van der Waals surface area (Å²) in [5.74, 6) is 1.57. The number of rotatable bonds is 6. The zero-order valence-electron chi connectivity index (χ0n) is 15.1. The largest absolute Gasteiger partial charge is 0.497 e. The molecular weight excluding hydrogens is 328 g/mol. The highest BCUT2D eigenvalue weighted by Gasteiger charge is 2.14. The van der Waals surface area contributed by atoms with E-state index in [0.717, 1.165) is 57.0 Å². The summed E-state index contributed by atoms with van der Waals surface area (Å²) in [6.07, 6.45) is 7.84. The Morgan fingerprint density at radius 1 is 1.15 bits per heavy atom. The van der Waals surface area contributed by atoms with Crippen molar-refractivity contribution in [2.75, 3.05) is 40.0 Å². The second-order valence-electron chi connectivity index (χ2n) is 6.51. The highest BCUT2D eigenvalue weighted by molar-refractivity contribution is 5.86. The summed E-state index contributed by atoms with van der Waals surface area (Å²) >= 11 is 0. The van der Waals surface area contributed by atoms with Crippen LogP contribution in [0.2, 0.25) is 0 Å². The fraction of sp³-hybridized carbons (Fsp3) is 0.400. The van der Waals surface area contributed by atoms with Crippen LogP contribution >= 0.6 is 0 Å². The fourth-order valence-electron chi connectivity index (χ4n) is 3.50. The molecule has 1 aromatic carbocycles. The first-order valence-electron chi connectivity index (χ1n) is 9.10. The molecule has 0 bridgehead atoms. The molecule has 6 nitrogen and oxygen atoms in total. The van der Waals surface area contributed by atoms with Gasteiger partial charge in [0.2, 0.25) is 5.95 Å². The first-order valence-corrected chi connectivity index (χ1v) is 9.10. The lowest BCUT2D eigenvalue weighted by molar-refractivity contribution is 0.0375. The predicted molar refractivity (Wildman–Crippen MR) is 101 cm³/mol. The minimum Gasteiger partial charge on any atom is -0.497 e. The number of aromatic nitrogens is 3. The van der Waals surface area contributed by atoms with Crippen LogP contribution in [0.4, 0.5) is 0 Å². The highest BCUT2D eigenvalue weighted by atomic mass is 16.5. The van der Waals surface area contributed by atoms with E-state index in [-0.39, 0.29) is 0 Å². The van der Waals surface area contributed by atoms with Gasteiger partial charge in [-0.1, -0.05) is 0 Å². The van der Waals surface area contributed by atoms with Crippen molar-refractivity contribution in [1.29, 1.82) is 0 Å². The molecule has 3 aromatic rings. The van der Waals surface area contributed by atoms with Gasteiger partial charge in [0.15, 0.2) is 0 Å². The first-order chi connectivity index (χ1) is 12.8. The number of benzene rings is 1. The molecule has 0 amide bonds. The second-order valence-corrected chi connectivity index (χ2v) is 6.51. The molecule has 6 heteroatoms. The second kappa shape index (κ2) is 7.85. The van der Waals surface area contributed by atoms with Gasteiger partial charge in [0.25, 0.3) is 0 Å². The monoisotopic (exact) mass is 352 g/mol. The number of hydrogen-bond acceptors (Lipinski definition) is 5. The maximum absolute atomic E-state index is 5.43. The molecule has 136 valence electrons. The van der Waals surface area contributed by atoms with E-state index in [9.17, 15) is 0 Å². The fourth-order valence-corrected chi connectivity index (χ4v) is 3.50. The molecule has 1 saturated heterocycles. The molecule has 0 unspecified atom stereocenters. The molecule has 26 heavy (non-hydrogen) atoms. The Bertz CT molecular complexity index is 857. The first kappa shape index (κ1) is 17.0. The summed E-state index contributed by atoms with van der Waals surface area (Å²) < 4.78 is 12.9. The van der Waals surface area contributed by atoms with E-state index in [2.05, 4.69) is 37.8 Å². The van der Waals surface area contributed by atoms with Crippen molar-refractivity contribution in [2.45, 2.75) is 12.8 Å². The molecular formula is C20H24N4O2. The third kappa shape index (κ3) is 3.57. The van der Waals surface area contributed by atoms with E-state index in [0.29, 0.717) is 5.95 Å². The van der Waals surface area contributed by atoms with Crippen LogP contribution < -0.4 is 4.74 Å². The van der Waals surface area contributed by atoms with Crippen LogP contribution in [0, 0.1) is 0 Å². The van der Waals surface area contributed by atoms with Crippen LogP contribution in [-0.4, -0.2) is 59.4 Å². The summed E-state index contributed by atoms with van der Waals surface area (Å²) in [5, 5.41) is 1.21. The molecule has 3 heterocycles. The average molecular weight is 352 g/mol. The van der Waals surface area contributed by atoms with Crippen LogP contribution in [0.1, 0.15) is 12.0 Å². The summed E-state index contributed by atoms with van der Waals surface area (Å²) in [7, 11) is 1.70. The molecule has 4 rings (SSSR count). The van der Waals surface area contributed by atoms with E-state index < -0.39 is 0 Å². The lowest BCUT2D eigenvalue weighted by Gasteiger charge is -2.26. The molecule has 2 aromatic heterocycles. The number of aryl methyl sites for hydroxylation is 1. The van der Waals surface area contributed by atoms with Crippen LogP contribution in [0.15, 0.2) is 42.9 Å². The highest BCUT2D eigenvalue weighted by Crippen LogP contribution is 2.28. The molecule has 0 spiro atoms. The van der Waals surface area contributed by atoms with Gasteiger partial charge in [0, 0.05) is 37.1 Å². The Kier molecular flexibility index (Phi) is 5.13. The number of nitrogens with zero attached hydrogens (tertiary/aromatic N) is 4. The van der Waals surface area contributed by atoms with Crippen LogP contribution in [0.5, 0.6) is 5.75 Å². The van der Waals surface area contributed by atoms with Crippen molar-refractivity contribution in [2.24, 2.45) is 0 Å². The molecule has 0 atom stereocenters. The predicted octanol–water partition coefficient (Wildman–Crippen LogP) is 2.69. The van der Waals surface area contributed by atoms with E-state index >= 15 is 0 Å². The van der Waals surface area contributed by atoms with Crippen LogP contribution in [0.25, 0.3) is 16.9 Å². The topological polar surface area (TPSA) is 52.4 Å². The third-order valence-corrected chi connectivity index (χ3v) is 4.89. The lowest BCUT2D eigenvalue weighted by atomic mass is 10.1. The van der Waals surface area contributed by atoms with Gasteiger partial charge in [-0.05, 0) is 49.2 Å². The van der Waals surface area contributed by atoms with Gasteiger partial charge in [-0.25, -0.2) is 9.97 Å². The number of methoxy groups -OCH3 is 1. The standard InChI is InChI=1S/C20H24N4O2/c1-25-17-5-6-19-18(14-17)16(4-2-9-23-10-12-26-13-11-23)15-24(19)20-21-7-3-8-22-20/h3,5-8,14-15H,2,4,9-13H2,1H3. The van der Waals surface area contributed by atoms with Crippen molar-refractivity contribution < 1.29 is 9.47 Å². The smallest absolute Gasteiger partial charge is 0.234 e. The van der Waals surface area contributed by atoms with Crippen molar-refractivity contribution in [3.63, 3.8) is 0 Å². The number of fused-ring (bicyclic) bond motifs is 1. The van der Waals surface area contributed by atoms with Crippen molar-refractivity contribution in [1.82, 2.24) is 19.4 Å². The van der Waals surface area contributed by atoms with Gasteiger partial charge in [-0.15, -0.1) is 0 Å². The number of ether oxygens (including phenoxy) is 2. The summed E-state index contributed by atoms with van der Waals surface area (Å²) in [5.41, 5.74) is 2.41. The van der Waals surface area contributed by atoms with E-state index in [1.807, 2.05) is 12.1 Å². The van der Waals surface area contributed by atoms with E-state index in [1.54, 1.807) is 19.5 Å². The maximum Gasteiger partial charge on any atom is 0.234 e. The minimum absolute atomic E-state index is 0.696. The Morgan fingerprint density at radius 2 is 1.96 bits per heavy atom. The molecule has 0 radical (unpaired) electrons. The summed E-state index contributed by atoms with van der Waals surface area (Å²) in [4.78, 5) is 11.3. The summed E-state index contributed by atoms with van der Waals surface area (Å²) in [6.45, 7) is 4.87. The van der Waals surface area contributed by atoms with Crippen LogP contribution in [0.3, 0.4) is 0 Å². The van der Waals surface area contributed by atoms with E-state index in [4.69, 9.17) is 9.47 Å². The zero-order chi connectivity index (χ0) is 17.8. The Morgan fingerprint density at radius 3 is 2.73 bits per heavy atom. The minimum atomic E-state index is 0.696. The van der Waals surface area contributed by atoms with Crippen molar-refractivity contribution >= 4 is 10.9 Å². The van der Waals surface area contributed by atoms with Crippen molar-refractivity contribution in [3.05, 3.63) is 48.4 Å². The third-order valence-electron chi connectivity index (χ3n) is 4.89. The van der Waals surface area contributed by atoms with Gasteiger partial charge in [0.05, 0.1) is 25.8 Å². The van der Waals surface area contributed by atoms with Gasteiger partial charge < -0.3 is 9.47 Å². The average Bonchev–Trinajstić information content (AvgIpc) is 3.07. The summed E-state index contributed by atoms with van der Waals surface area (Å²) in [6, 6.07) is 8.01. The van der Waals surface area contributed by atoms with E-state index in [1.165, 1.54) is 10.9 Å². The number of morpholine rings is 1. The number of hydrogen-bond donors (Lipinski definition) is 0. The van der Waals surface area contributed by atoms with Crippen molar-refractivity contribution in [3.8, 4) is 11.7 Å². The van der Waals surface area contributed by atoms with Crippen LogP contribution in [-0.2, 0) is 11.2 Å². The zero-order valence-corrected chi connectivity index (χ0v) is 15.1. The molecule has 1 aliphatic rings. The lowest BCUT2D eigenvalue weighted by Crippen LogP contribution is -2.36. The van der Waals surface area contributed by atoms with Gasteiger partial charge in [0.1, 0.15) is 5.75 Å². The van der Waals surface area contributed by atoms with Gasteiger partial charge in [-0.2, -0.15) is 0 Å². The molecule has 0 saturated carbocycles. The SMILES string of the molecule is COc1ccc2c(c1)c(CCCN1CCOCC1)cn2-c1ncccn1. The molecule has 1 fully saturated rings. The Hall–Kier alpha value is -2.44. The normalized spacial score (nSPS) is 15.4. The Labute approximate surface area is 153 Å².